The summed E-state index contributed by atoms with van der Waals surface area (Å²) in [5.41, 5.74) is 2.28. The van der Waals surface area contributed by atoms with Gasteiger partial charge in [0, 0.05) is 30.4 Å². The summed E-state index contributed by atoms with van der Waals surface area (Å²) >= 11 is 0. The summed E-state index contributed by atoms with van der Waals surface area (Å²) in [6.07, 6.45) is 5.33. The molecule has 0 aliphatic rings. The molecular formula is C14H20N2O2S. The fourth-order valence-electron chi connectivity index (χ4n) is 2.34. The molecule has 1 heterocycles. The third-order valence-corrected chi connectivity index (χ3v) is 4.45. The molecule has 0 spiro atoms. The highest BCUT2D eigenvalue weighted by atomic mass is 32.2. The van der Waals surface area contributed by atoms with Crippen LogP contribution in [0.2, 0.25) is 0 Å². The third kappa shape index (κ3) is 2.98. The maximum Gasteiger partial charge on any atom is 0.175 e. The van der Waals surface area contributed by atoms with Crippen molar-refractivity contribution in [2.45, 2.75) is 17.7 Å². The zero-order valence-electron chi connectivity index (χ0n) is 11.6. The van der Waals surface area contributed by atoms with E-state index in [1.807, 2.05) is 20.2 Å². The van der Waals surface area contributed by atoms with Crippen molar-refractivity contribution in [1.82, 2.24) is 9.88 Å². The molecule has 0 amide bonds. The third-order valence-electron chi connectivity index (χ3n) is 3.34. The molecule has 0 aliphatic heterocycles. The summed E-state index contributed by atoms with van der Waals surface area (Å²) in [6, 6.07) is 5.35. The minimum Gasteiger partial charge on any atom is -0.350 e. The number of fused-ring (bicyclic) bond motifs is 1. The van der Waals surface area contributed by atoms with Gasteiger partial charge in [0.15, 0.2) is 9.84 Å². The van der Waals surface area contributed by atoms with Gasteiger partial charge in [0.2, 0.25) is 0 Å². The molecule has 0 unspecified atom stereocenters. The molecule has 0 saturated carbocycles. The average molecular weight is 280 g/mol. The SMILES string of the molecule is CNCCCc1cn(C)c2ccc(S(C)(=O)=O)cc12. The molecule has 0 radical (unpaired) electrons. The Labute approximate surface area is 114 Å². The van der Waals surface area contributed by atoms with Crippen LogP contribution in [-0.4, -0.2) is 32.8 Å². The first kappa shape index (κ1) is 14.1. The van der Waals surface area contributed by atoms with Crippen LogP contribution in [0.25, 0.3) is 10.9 Å². The molecule has 2 rings (SSSR count). The second kappa shape index (κ2) is 5.35. The van der Waals surface area contributed by atoms with Crippen molar-refractivity contribution in [3.05, 3.63) is 30.0 Å². The van der Waals surface area contributed by atoms with Gasteiger partial charge in [0.1, 0.15) is 0 Å². The van der Waals surface area contributed by atoms with E-state index in [1.165, 1.54) is 11.8 Å². The summed E-state index contributed by atoms with van der Waals surface area (Å²) < 4.78 is 25.3. The molecule has 0 saturated heterocycles. The molecule has 19 heavy (non-hydrogen) atoms. The summed E-state index contributed by atoms with van der Waals surface area (Å²) in [5.74, 6) is 0. The van der Waals surface area contributed by atoms with Gasteiger partial charge in [0.05, 0.1) is 4.90 Å². The average Bonchev–Trinajstić information content (AvgIpc) is 2.65. The summed E-state index contributed by atoms with van der Waals surface area (Å²) in [7, 11) is 0.777. The van der Waals surface area contributed by atoms with Gasteiger partial charge in [-0.2, -0.15) is 0 Å². The molecular weight excluding hydrogens is 260 g/mol. The van der Waals surface area contributed by atoms with Crippen molar-refractivity contribution in [2.24, 2.45) is 7.05 Å². The van der Waals surface area contributed by atoms with Gasteiger partial charge in [-0.15, -0.1) is 0 Å². The number of hydrogen-bond donors (Lipinski definition) is 1. The topological polar surface area (TPSA) is 51.1 Å². The van der Waals surface area contributed by atoms with Crippen LogP contribution in [0.3, 0.4) is 0 Å². The molecule has 2 aromatic rings. The van der Waals surface area contributed by atoms with Crippen LogP contribution in [0.5, 0.6) is 0 Å². The van der Waals surface area contributed by atoms with Crippen LogP contribution < -0.4 is 5.32 Å². The fourth-order valence-corrected chi connectivity index (χ4v) is 2.99. The van der Waals surface area contributed by atoms with Crippen molar-refractivity contribution in [2.75, 3.05) is 19.8 Å². The Morgan fingerprint density at radius 1 is 1.32 bits per heavy atom. The molecule has 1 N–H and O–H groups in total. The van der Waals surface area contributed by atoms with Crippen molar-refractivity contribution in [1.29, 1.82) is 0 Å². The second-order valence-electron chi connectivity index (χ2n) is 4.92. The fraction of sp³-hybridized carbons (Fsp3) is 0.429. The van der Waals surface area contributed by atoms with E-state index in [-0.39, 0.29) is 0 Å². The van der Waals surface area contributed by atoms with Gasteiger partial charge in [-0.25, -0.2) is 8.42 Å². The number of benzene rings is 1. The number of aromatic nitrogens is 1. The van der Waals surface area contributed by atoms with Gasteiger partial charge in [-0.05, 0) is 50.2 Å². The minimum atomic E-state index is -3.15. The van der Waals surface area contributed by atoms with E-state index in [2.05, 4.69) is 16.1 Å². The molecule has 0 fully saturated rings. The van der Waals surface area contributed by atoms with Gasteiger partial charge in [0.25, 0.3) is 0 Å². The summed E-state index contributed by atoms with van der Waals surface area (Å²) in [4.78, 5) is 0.390. The first-order chi connectivity index (χ1) is 8.93. The van der Waals surface area contributed by atoms with Gasteiger partial charge >= 0.3 is 0 Å². The first-order valence-corrected chi connectivity index (χ1v) is 8.25. The van der Waals surface area contributed by atoms with E-state index in [1.54, 1.807) is 12.1 Å². The quantitative estimate of drug-likeness (QED) is 0.849. The first-order valence-electron chi connectivity index (χ1n) is 6.36. The Morgan fingerprint density at radius 2 is 2.05 bits per heavy atom. The normalized spacial score (nSPS) is 12.2. The number of hydrogen-bond acceptors (Lipinski definition) is 3. The lowest BCUT2D eigenvalue weighted by Crippen LogP contribution is -2.08. The van der Waals surface area contributed by atoms with Crippen molar-refractivity contribution in [3.8, 4) is 0 Å². The van der Waals surface area contributed by atoms with Crippen LogP contribution in [-0.2, 0) is 23.3 Å². The van der Waals surface area contributed by atoms with E-state index in [9.17, 15) is 8.42 Å². The summed E-state index contributed by atoms with van der Waals surface area (Å²) in [6.45, 7) is 0.960. The van der Waals surface area contributed by atoms with Crippen LogP contribution >= 0.6 is 0 Å². The highest BCUT2D eigenvalue weighted by Gasteiger charge is 2.12. The van der Waals surface area contributed by atoms with E-state index in [4.69, 9.17) is 0 Å². The largest absolute Gasteiger partial charge is 0.350 e. The van der Waals surface area contributed by atoms with Crippen LogP contribution in [0, 0.1) is 0 Å². The van der Waals surface area contributed by atoms with Crippen molar-refractivity contribution >= 4 is 20.7 Å². The Bertz CT molecular complexity index is 687. The predicted octanol–water partition coefficient (Wildman–Crippen LogP) is 1.73. The van der Waals surface area contributed by atoms with Crippen LogP contribution in [0.4, 0.5) is 0 Å². The van der Waals surface area contributed by atoms with Crippen LogP contribution in [0.15, 0.2) is 29.3 Å². The second-order valence-corrected chi connectivity index (χ2v) is 6.94. The highest BCUT2D eigenvalue weighted by molar-refractivity contribution is 7.90. The van der Waals surface area contributed by atoms with E-state index in [0.717, 1.165) is 30.3 Å². The van der Waals surface area contributed by atoms with E-state index >= 15 is 0 Å². The number of sulfone groups is 1. The van der Waals surface area contributed by atoms with Crippen LogP contribution in [0.1, 0.15) is 12.0 Å². The van der Waals surface area contributed by atoms with Crippen molar-refractivity contribution in [3.63, 3.8) is 0 Å². The number of aryl methyl sites for hydroxylation is 2. The Morgan fingerprint density at radius 3 is 2.68 bits per heavy atom. The number of nitrogens with one attached hydrogen (secondary N) is 1. The van der Waals surface area contributed by atoms with E-state index in [0.29, 0.717) is 4.90 Å². The zero-order valence-corrected chi connectivity index (χ0v) is 12.4. The van der Waals surface area contributed by atoms with Gasteiger partial charge in [-0.1, -0.05) is 0 Å². The molecule has 0 atom stereocenters. The predicted molar refractivity (Wildman–Crippen MR) is 78.3 cm³/mol. The lowest BCUT2D eigenvalue weighted by atomic mass is 10.1. The number of rotatable bonds is 5. The molecule has 1 aromatic heterocycles. The Hall–Kier alpha value is -1.33. The maximum absolute atomic E-state index is 11.6. The molecule has 0 bridgehead atoms. The minimum absolute atomic E-state index is 0.390. The van der Waals surface area contributed by atoms with Gasteiger partial charge < -0.3 is 9.88 Å². The standard InChI is InChI=1S/C14H20N2O2S/c1-15-8-4-5-11-10-16(2)14-7-6-12(9-13(11)14)19(3,17)18/h6-7,9-10,15H,4-5,8H2,1-3H3. The molecule has 104 valence electrons. The highest BCUT2D eigenvalue weighted by Crippen LogP contribution is 2.25. The maximum atomic E-state index is 11.6. The number of nitrogens with zero attached hydrogens (tertiary/aromatic N) is 1. The summed E-state index contributed by atoms with van der Waals surface area (Å²) in [5, 5.41) is 4.17. The molecule has 0 aliphatic carbocycles. The van der Waals surface area contributed by atoms with E-state index < -0.39 is 9.84 Å². The van der Waals surface area contributed by atoms with Gasteiger partial charge in [-0.3, -0.25) is 0 Å². The Balaban J connectivity index is 2.47. The zero-order chi connectivity index (χ0) is 14.0. The smallest absolute Gasteiger partial charge is 0.175 e. The Kier molecular flexibility index (Phi) is 3.96. The lowest BCUT2D eigenvalue weighted by Gasteiger charge is -2.02. The molecule has 5 heteroatoms. The molecule has 4 nitrogen and oxygen atoms in total. The lowest BCUT2D eigenvalue weighted by molar-refractivity contribution is 0.602. The monoisotopic (exact) mass is 280 g/mol. The molecule has 1 aromatic carbocycles. The van der Waals surface area contributed by atoms with Crippen molar-refractivity contribution < 1.29 is 8.42 Å².